The van der Waals surface area contributed by atoms with Crippen LogP contribution in [0, 0.1) is 0 Å². The molecule has 0 bridgehead atoms. The molecule has 0 atom stereocenters. The number of anilines is 4. The molecule has 1 aliphatic rings. The third-order valence-electron chi connectivity index (χ3n) is 6.04. The molecular weight excluding hydrogens is 552 g/mol. The summed E-state index contributed by atoms with van der Waals surface area (Å²) in [5.74, 6) is 2.86. The highest BCUT2D eigenvalue weighted by atomic mass is 32.2. The number of sulfonamides is 1. The second kappa shape index (κ2) is 12.0. The first kappa shape index (κ1) is 27.5. The lowest BCUT2D eigenvalue weighted by Crippen LogP contribution is -2.31. The van der Waals surface area contributed by atoms with E-state index in [9.17, 15) is 13.2 Å². The number of rotatable bonds is 10. The average molecular weight is 581 g/mol. The quantitative estimate of drug-likeness (QED) is 0.251. The Morgan fingerprint density at radius 3 is 2.27 bits per heavy atom. The maximum Gasteiger partial charge on any atom is 0.263 e. The van der Waals surface area contributed by atoms with Gasteiger partial charge in [0, 0.05) is 47.7 Å². The van der Waals surface area contributed by atoms with E-state index in [2.05, 4.69) is 25.3 Å². The molecule has 1 aromatic heterocycles. The molecule has 208 valence electrons. The first-order valence-corrected chi connectivity index (χ1v) is 15.0. The molecule has 11 nitrogen and oxygen atoms in total. The van der Waals surface area contributed by atoms with Gasteiger partial charge in [-0.3, -0.25) is 14.4 Å². The van der Waals surface area contributed by atoms with Gasteiger partial charge < -0.3 is 20.1 Å². The molecule has 2 heterocycles. The monoisotopic (exact) mass is 580 g/mol. The van der Waals surface area contributed by atoms with Crippen LogP contribution in [0.15, 0.2) is 71.6 Å². The van der Waals surface area contributed by atoms with Crippen LogP contribution < -0.4 is 24.8 Å². The smallest absolute Gasteiger partial charge is 0.263 e. The van der Waals surface area contributed by atoms with Gasteiger partial charge >= 0.3 is 0 Å². The lowest BCUT2D eigenvalue weighted by atomic mass is 10.2. The van der Waals surface area contributed by atoms with Crippen molar-refractivity contribution in [1.82, 2.24) is 14.9 Å². The van der Waals surface area contributed by atoms with Crippen LogP contribution in [-0.2, 0) is 14.8 Å². The van der Waals surface area contributed by atoms with Crippen molar-refractivity contribution < 1.29 is 22.7 Å². The summed E-state index contributed by atoms with van der Waals surface area (Å²) >= 11 is 1.77. The number of fused-ring (bicyclic) bond motifs is 1. The predicted octanol–water partition coefficient (Wildman–Crippen LogP) is 4.14. The van der Waals surface area contributed by atoms with E-state index in [4.69, 9.17) is 9.47 Å². The first-order chi connectivity index (χ1) is 19.3. The minimum atomic E-state index is -4.11. The fraction of sp³-hybridized carbons (Fsp3) is 0.222. The summed E-state index contributed by atoms with van der Waals surface area (Å²) < 4.78 is 40.2. The Morgan fingerprint density at radius 1 is 0.925 bits per heavy atom. The number of ether oxygens (including phenoxy) is 2. The molecule has 0 saturated carbocycles. The van der Waals surface area contributed by atoms with Gasteiger partial charge in [0.25, 0.3) is 10.0 Å². The number of hydrogen-bond acceptors (Lipinski definition) is 10. The highest BCUT2D eigenvalue weighted by molar-refractivity contribution is 7.99. The van der Waals surface area contributed by atoms with E-state index < -0.39 is 10.0 Å². The summed E-state index contributed by atoms with van der Waals surface area (Å²) in [6.07, 6.45) is 0. The normalized spacial score (nSPS) is 13.7. The molecule has 13 heteroatoms. The zero-order chi connectivity index (χ0) is 28.1. The van der Waals surface area contributed by atoms with Gasteiger partial charge in [0.15, 0.2) is 11.6 Å². The van der Waals surface area contributed by atoms with Crippen LogP contribution in [-0.4, -0.2) is 68.1 Å². The Labute approximate surface area is 236 Å². The maximum atomic E-state index is 13.5. The van der Waals surface area contributed by atoms with Gasteiger partial charge in [-0.25, -0.2) is 18.4 Å². The number of para-hydroxylation sites is 2. The highest BCUT2D eigenvalue weighted by Crippen LogP contribution is 2.31. The largest absolute Gasteiger partial charge is 0.497 e. The number of carbonyl (C=O) groups is 1. The van der Waals surface area contributed by atoms with Crippen molar-refractivity contribution in [3.8, 4) is 11.5 Å². The Hall–Kier alpha value is -4.07. The van der Waals surface area contributed by atoms with E-state index in [1.807, 2.05) is 11.0 Å². The highest BCUT2D eigenvalue weighted by Gasteiger charge is 2.21. The topological polar surface area (TPSA) is 135 Å². The van der Waals surface area contributed by atoms with Gasteiger partial charge in [0.1, 0.15) is 11.5 Å². The summed E-state index contributed by atoms with van der Waals surface area (Å²) in [7, 11) is -1.03. The Balaban J connectivity index is 1.43. The lowest BCUT2D eigenvalue weighted by molar-refractivity contribution is -0.117. The molecule has 0 aliphatic carbocycles. The second-order valence-corrected chi connectivity index (χ2v) is 11.7. The third kappa shape index (κ3) is 6.55. The Bertz CT molecular complexity index is 1620. The Kier molecular flexibility index (Phi) is 8.24. The van der Waals surface area contributed by atoms with E-state index in [1.54, 1.807) is 60.3 Å². The van der Waals surface area contributed by atoms with Crippen LogP contribution in [0.2, 0.25) is 0 Å². The van der Waals surface area contributed by atoms with Crippen molar-refractivity contribution in [1.29, 1.82) is 0 Å². The lowest BCUT2D eigenvalue weighted by Gasteiger charge is -2.16. The minimum absolute atomic E-state index is 0.00135. The average Bonchev–Trinajstić information content (AvgIpc) is 3.46. The third-order valence-corrected chi connectivity index (χ3v) is 8.39. The van der Waals surface area contributed by atoms with Crippen molar-refractivity contribution in [2.45, 2.75) is 4.90 Å². The number of hydrogen-bond donors (Lipinski definition) is 3. The van der Waals surface area contributed by atoms with Gasteiger partial charge in [-0.05, 0) is 30.3 Å². The van der Waals surface area contributed by atoms with Crippen molar-refractivity contribution in [3.05, 3.63) is 66.7 Å². The molecule has 1 amide bonds. The predicted molar refractivity (Wildman–Crippen MR) is 157 cm³/mol. The molecule has 1 aliphatic heterocycles. The van der Waals surface area contributed by atoms with Crippen LogP contribution in [0.4, 0.5) is 23.0 Å². The number of carbonyl (C=O) groups excluding carboxylic acids is 1. The summed E-state index contributed by atoms with van der Waals surface area (Å²) in [4.78, 5) is 23.6. The van der Waals surface area contributed by atoms with Crippen molar-refractivity contribution in [2.75, 3.05) is 54.3 Å². The Morgan fingerprint density at radius 2 is 1.62 bits per heavy atom. The first-order valence-electron chi connectivity index (χ1n) is 12.3. The van der Waals surface area contributed by atoms with Gasteiger partial charge in [0.05, 0.1) is 36.7 Å². The second-order valence-electron chi connectivity index (χ2n) is 8.91. The number of nitrogens with one attached hydrogen (secondary N) is 3. The number of benzene rings is 3. The van der Waals surface area contributed by atoms with Crippen molar-refractivity contribution in [2.24, 2.45) is 0 Å². The van der Waals surface area contributed by atoms with Gasteiger partial charge in [-0.1, -0.05) is 18.2 Å². The maximum absolute atomic E-state index is 13.5. The van der Waals surface area contributed by atoms with Crippen LogP contribution >= 0.6 is 11.8 Å². The summed E-state index contributed by atoms with van der Waals surface area (Å²) in [5, 5.41) is 5.92. The van der Waals surface area contributed by atoms with Gasteiger partial charge in [-0.2, -0.15) is 0 Å². The number of nitrogens with zero attached hydrogens (tertiary/aromatic N) is 3. The summed E-state index contributed by atoms with van der Waals surface area (Å²) in [6, 6.07) is 18.4. The number of aromatic nitrogens is 2. The minimum Gasteiger partial charge on any atom is -0.497 e. The van der Waals surface area contributed by atoms with Crippen LogP contribution in [0.5, 0.6) is 11.5 Å². The number of amides is 1. The zero-order valence-corrected chi connectivity index (χ0v) is 23.5. The van der Waals surface area contributed by atoms with E-state index >= 15 is 0 Å². The van der Waals surface area contributed by atoms with Gasteiger partial charge in [-0.15, -0.1) is 11.8 Å². The molecule has 4 aromatic rings. The SMILES string of the molecule is COc1cc(Nc2nc3ccccc3nc2NS(=O)(=O)c2cccc(NC(=O)CN3CCSC3)c2)cc(OC)c1. The van der Waals surface area contributed by atoms with E-state index in [0.29, 0.717) is 33.9 Å². The molecule has 3 N–H and O–H groups in total. The number of methoxy groups -OCH3 is 2. The zero-order valence-electron chi connectivity index (χ0n) is 21.9. The summed E-state index contributed by atoms with van der Waals surface area (Å²) in [6.45, 7) is 1.10. The van der Waals surface area contributed by atoms with Crippen LogP contribution in [0.3, 0.4) is 0 Å². The van der Waals surface area contributed by atoms with Crippen LogP contribution in [0.25, 0.3) is 11.0 Å². The van der Waals surface area contributed by atoms with E-state index in [0.717, 1.165) is 18.2 Å². The number of thioether (sulfide) groups is 1. The molecule has 0 radical (unpaired) electrons. The molecule has 1 fully saturated rings. The van der Waals surface area contributed by atoms with Crippen molar-refractivity contribution >= 4 is 61.7 Å². The standard InChI is InChI=1S/C27H28N6O5S2/c1-37-20-12-19(13-21(15-20)38-2)29-26-27(31-24-9-4-3-8-23(24)30-26)32-40(35,36)22-7-5-6-18(14-22)28-25(34)16-33-10-11-39-17-33/h3-9,12-15H,10-11,16-17H2,1-2H3,(H,28,34)(H,29,30)(H,31,32). The molecule has 5 rings (SSSR count). The fourth-order valence-electron chi connectivity index (χ4n) is 4.08. The molecule has 0 spiro atoms. The molecule has 40 heavy (non-hydrogen) atoms. The van der Waals surface area contributed by atoms with Crippen LogP contribution in [0.1, 0.15) is 0 Å². The van der Waals surface area contributed by atoms with E-state index in [1.165, 1.54) is 26.4 Å². The van der Waals surface area contributed by atoms with Gasteiger partial charge in [0.2, 0.25) is 5.91 Å². The molecule has 1 saturated heterocycles. The van der Waals surface area contributed by atoms with Crippen molar-refractivity contribution in [3.63, 3.8) is 0 Å². The fourth-order valence-corrected chi connectivity index (χ4v) is 6.13. The van der Waals surface area contributed by atoms with E-state index in [-0.39, 0.29) is 29.0 Å². The molecular formula is C27H28N6O5S2. The molecule has 3 aromatic carbocycles. The molecule has 0 unspecified atom stereocenters. The summed E-state index contributed by atoms with van der Waals surface area (Å²) in [5.41, 5.74) is 2.02.